The molecule has 0 bridgehead atoms. The van der Waals surface area contributed by atoms with Gasteiger partial charge in [-0.3, -0.25) is 9.59 Å². The van der Waals surface area contributed by atoms with Crippen LogP contribution in [0.15, 0.2) is 0 Å². The molecule has 0 saturated heterocycles. The highest BCUT2D eigenvalue weighted by atomic mass is 16.5. The molecule has 0 aliphatic heterocycles. The number of aliphatic hydroxyl groups excluding tert-OH is 2. The van der Waals surface area contributed by atoms with Crippen molar-refractivity contribution < 1.29 is 24.5 Å². The van der Waals surface area contributed by atoms with Crippen LogP contribution < -0.4 is 5.32 Å². The SMILES string of the molecule is CCCCCCCCCCCCCCCCCC(=O)OCCCCCCCCCCCCCCCCCCCCC(=O)NC(CO)C(O)CCCCCCCCCCCC. The van der Waals surface area contributed by atoms with Gasteiger partial charge in [0.2, 0.25) is 5.91 Å². The second kappa shape index (κ2) is 50.5. The Kier molecular flexibility index (Phi) is 49.5. The number of hydrogen-bond donors (Lipinski definition) is 3. The molecule has 0 aliphatic carbocycles. The third-order valence-corrected chi connectivity index (χ3v) is 12.9. The molecule has 358 valence electrons. The van der Waals surface area contributed by atoms with E-state index in [1.165, 1.54) is 238 Å². The molecule has 6 nitrogen and oxygen atoms in total. The standard InChI is InChI=1S/C54H107NO5/c1-3-5-7-9-11-13-15-16-21-25-28-32-36-40-44-48-54(59)60-49-45-41-37-33-29-26-23-20-18-17-19-22-24-27-31-35-39-43-47-53(58)55-51(50-56)52(57)46-42-38-34-30-14-12-10-8-6-4-2/h51-52,56-57H,3-50H2,1-2H3,(H,55,58). The first-order valence-electron chi connectivity index (χ1n) is 27.3. The summed E-state index contributed by atoms with van der Waals surface area (Å²) in [5.41, 5.74) is 0. The van der Waals surface area contributed by atoms with E-state index in [1.54, 1.807) is 0 Å². The van der Waals surface area contributed by atoms with Crippen molar-refractivity contribution in [1.82, 2.24) is 5.32 Å². The summed E-state index contributed by atoms with van der Waals surface area (Å²) >= 11 is 0. The van der Waals surface area contributed by atoms with Crippen LogP contribution in [0.3, 0.4) is 0 Å². The van der Waals surface area contributed by atoms with E-state index in [1.807, 2.05) is 0 Å². The minimum Gasteiger partial charge on any atom is -0.466 e. The molecule has 0 aliphatic rings. The molecule has 1 amide bonds. The molecule has 0 aromatic rings. The first-order chi connectivity index (χ1) is 29.5. The molecule has 0 rings (SSSR count). The van der Waals surface area contributed by atoms with Crippen molar-refractivity contribution in [3.05, 3.63) is 0 Å². The van der Waals surface area contributed by atoms with Gasteiger partial charge in [0.1, 0.15) is 0 Å². The number of nitrogens with one attached hydrogen (secondary N) is 1. The lowest BCUT2D eigenvalue weighted by atomic mass is 10.0. The van der Waals surface area contributed by atoms with E-state index in [9.17, 15) is 19.8 Å². The summed E-state index contributed by atoms with van der Waals surface area (Å²) in [5.74, 6) is -0.0285. The first-order valence-corrected chi connectivity index (χ1v) is 27.3. The molecular formula is C54H107NO5. The lowest BCUT2D eigenvalue weighted by molar-refractivity contribution is -0.143. The number of hydrogen-bond acceptors (Lipinski definition) is 5. The zero-order valence-corrected chi connectivity index (χ0v) is 40.7. The van der Waals surface area contributed by atoms with Gasteiger partial charge in [0, 0.05) is 12.8 Å². The smallest absolute Gasteiger partial charge is 0.305 e. The molecule has 2 atom stereocenters. The summed E-state index contributed by atoms with van der Waals surface area (Å²) in [6.45, 7) is 4.95. The van der Waals surface area contributed by atoms with Crippen LogP contribution in [0.1, 0.15) is 309 Å². The Bertz CT molecular complexity index is 852. The topological polar surface area (TPSA) is 95.9 Å². The van der Waals surface area contributed by atoms with E-state index in [4.69, 9.17) is 4.74 Å². The monoisotopic (exact) mass is 850 g/mol. The van der Waals surface area contributed by atoms with E-state index in [-0.39, 0.29) is 18.5 Å². The third-order valence-electron chi connectivity index (χ3n) is 12.9. The lowest BCUT2D eigenvalue weighted by Gasteiger charge is -2.22. The van der Waals surface area contributed by atoms with E-state index in [2.05, 4.69) is 19.2 Å². The average molecular weight is 850 g/mol. The van der Waals surface area contributed by atoms with Gasteiger partial charge < -0.3 is 20.3 Å². The van der Waals surface area contributed by atoms with Crippen LogP contribution in [0, 0.1) is 0 Å². The second-order valence-corrected chi connectivity index (χ2v) is 18.9. The van der Waals surface area contributed by atoms with Crippen LogP contribution in [0.25, 0.3) is 0 Å². The minimum atomic E-state index is -0.663. The molecule has 0 aromatic carbocycles. The maximum atomic E-state index is 12.4. The number of carbonyl (C=O) groups is 2. The van der Waals surface area contributed by atoms with E-state index < -0.39 is 12.1 Å². The Morgan fingerprint density at radius 3 is 1.02 bits per heavy atom. The number of ether oxygens (including phenoxy) is 1. The Morgan fingerprint density at radius 2 is 0.683 bits per heavy atom. The third kappa shape index (κ3) is 46.4. The van der Waals surface area contributed by atoms with E-state index in [0.717, 1.165) is 38.5 Å². The molecule has 6 heteroatoms. The van der Waals surface area contributed by atoms with Crippen molar-refractivity contribution in [2.45, 2.75) is 321 Å². The Labute approximate surface area is 375 Å². The fraction of sp³-hybridized carbons (Fsp3) is 0.963. The number of esters is 1. The predicted molar refractivity (Wildman–Crippen MR) is 260 cm³/mol. The fourth-order valence-electron chi connectivity index (χ4n) is 8.70. The molecule has 2 unspecified atom stereocenters. The summed E-state index contributed by atoms with van der Waals surface area (Å²) in [5, 5.41) is 23.1. The van der Waals surface area contributed by atoms with Gasteiger partial charge in [-0.15, -0.1) is 0 Å². The quantitative estimate of drug-likeness (QED) is 0.0418. The van der Waals surface area contributed by atoms with Crippen LogP contribution in [0.2, 0.25) is 0 Å². The van der Waals surface area contributed by atoms with Gasteiger partial charge in [-0.1, -0.05) is 271 Å². The van der Waals surface area contributed by atoms with Crippen LogP contribution in [0.5, 0.6) is 0 Å². The molecular weight excluding hydrogens is 743 g/mol. The van der Waals surface area contributed by atoms with Gasteiger partial charge in [0.25, 0.3) is 0 Å². The molecule has 0 aromatic heterocycles. The highest BCUT2D eigenvalue weighted by Crippen LogP contribution is 2.17. The number of unbranched alkanes of at least 4 members (excludes halogenated alkanes) is 40. The van der Waals surface area contributed by atoms with Gasteiger partial charge in [-0.25, -0.2) is 0 Å². The molecule has 0 radical (unpaired) electrons. The molecule has 60 heavy (non-hydrogen) atoms. The fourth-order valence-corrected chi connectivity index (χ4v) is 8.70. The summed E-state index contributed by atoms with van der Waals surface area (Å²) in [6, 6.07) is -0.541. The Hall–Kier alpha value is -1.14. The first kappa shape index (κ1) is 58.9. The van der Waals surface area contributed by atoms with Crippen molar-refractivity contribution in [2.24, 2.45) is 0 Å². The van der Waals surface area contributed by atoms with Crippen molar-refractivity contribution in [2.75, 3.05) is 13.2 Å². The lowest BCUT2D eigenvalue weighted by Crippen LogP contribution is -2.45. The summed E-state index contributed by atoms with van der Waals surface area (Å²) in [6.07, 6.45) is 56.6. The molecule has 0 heterocycles. The largest absolute Gasteiger partial charge is 0.466 e. The summed E-state index contributed by atoms with van der Waals surface area (Å²) < 4.78 is 5.48. The van der Waals surface area contributed by atoms with Crippen molar-refractivity contribution in [1.29, 1.82) is 0 Å². The summed E-state index contributed by atoms with van der Waals surface area (Å²) in [7, 11) is 0. The van der Waals surface area contributed by atoms with Crippen molar-refractivity contribution in [3.63, 3.8) is 0 Å². The highest BCUT2D eigenvalue weighted by molar-refractivity contribution is 5.76. The Balaban J connectivity index is 3.36. The van der Waals surface area contributed by atoms with Gasteiger partial charge in [-0.05, 0) is 25.7 Å². The molecule has 0 spiro atoms. The second-order valence-electron chi connectivity index (χ2n) is 18.9. The zero-order chi connectivity index (χ0) is 43.7. The van der Waals surface area contributed by atoms with Gasteiger partial charge in [0.15, 0.2) is 0 Å². The predicted octanol–water partition coefficient (Wildman–Crippen LogP) is 16.4. The molecule has 0 saturated carbocycles. The number of rotatable bonds is 51. The van der Waals surface area contributed by atoms with Crippen molar-refractivity contribution in [3.8, 4) is 0 Å². The van der Waals surface area contributed by atoms with E-state index in [0.29, 0.717) is 25.9 Å². The van der Waals surface area contributed by atoms with Crippen LogP contribution in [-0.4, -0.2) is 47.4 Å². The number of aliphatic hydroxyl groups is 2. The van der Waals surface area contributed by atoms with Crippen LogP contribution in [-0.2, 0) is 14.3 Å². The van der Waals surface area contributed by atoms with Gasteiger partial charge in [0.05, 0.1) is 25.4 Å². The van der Waals surface area contributed by atoms with Crippen LogP contribution in [0.4, 0.5) is 0 Å². The number of amides is 1. The van der Waals surface area contributed by atoms with Crippen molar-refractivity contribution >= 4 is 11.9 Å². The van der Waals surface area contributed by atoms with Gasteiger partial charge in [-0.2, -0.15) is 0 Å². The number of carbonyl (C=O) groups excluding carboxylic acids is 2. The maximum Gasteiger partial charge on any atom is 0.305 e. The molecule has 3 N–H and O–H groups in total. The minimum absolute atomic E-state index is 0.0106. The summed E-state index contributed by atoms with van der Waals surface area (Å²) in [4.78, 5) is 24.4. The normalized spacial score (nSPS) is 12.5. The zero-order valence-electron chi connectivity index (χ0n) is 40.7. The van der Waals surface area contributed by atoms with E-state index >= 15 is 0 Å². The average Bonchev–Trinajstić information content (AvgIpc) is 3.25. The van der Waals surface area contributed by atoms with Crippen LogP contribution >= 0.6 is 0 Å². The van der Waals surface area contributed by atoms with Gasteiger partial charge >= 0.3 is 5.97 Å². The molecule has 0 fully saturated rings. The Morgan fingerprint density at radius 1 is 0.400 bits per heavy atom. The highest BCUT2D eigenvalue weighted by Gasteiger charge is 2.20. The maximum absolute atomic E-state index is 12.4.